The maximum atomic E-state index is 6.28. The highest BCUT2D eigenvalue weighted by molar-refractivity contribution is 6.22. The molecule has 1 aliphatic heterocycles. The number of alkyl halides is 1. The summed E-state index contributed by atoms with van der Waals surface area (Å²) in [6, 6.07) is 6.18. The van der Waals surface area contributed by atoms with Crippen LogP contribution in [0, 0.1) is 0 Å². The molecule has 1 atom stereocenters. The highest BCUT2D eigenvalue weighted by Crippen LogP contribution is 2.35. The van der Waals surface area contributed by atoms with Crippen molar-refractivity contribution < 1.29 is 9.47 Å². The van der Waals surface area contributed by atoms with Gasteiger partial charge in [0.25, 0.3) is 0 Å². The van der Waals surface area contributed by atoms with Crippen LogP contribution in [0.25, 0.3) is 5.57 Å². The summed E-state index contributed by atoms with van der Waals surface area (Å²) in [7, 11) is 0. The zero-order valence-electron chi connectivity index (χ0n) is 10.3. The first-order chi connectivity index (χ1) is 8.83. The van der Waals surface area contributed by atoms with Crippen molar-refractivity contribution in [3.05, 3.63) is 29.8 Å². The fraction of sp³-hybridized carbons (Fsp3) is 0.467. The molecule has 1 unspecified atom stereocenters. The van der Waals surface area contributed by atoms with Crippen molar-refractivity contribution in [3.8, 4) is 11.5 Å². The molecule has 1 aliphatic carbocycles. The van der Waals surface area contributed by atoms with Gasteiger partial charge in [0.15, 0.2) is 11.5 Å². The van der Waals surface area contributed by atoms with E-state index >= 15 is 0 Å². The summed E-state index contributed by atoms with van der Waals surface area (Å²) < 4.78 is 11.2. The molecule has 0 radical (unpaired) electrons. The van der Waals surface area contributed by atoms with E-state index < -0.39 is 0 Å². The molecule has 1 aromatic rings. The minimum Gasteiger partial charge on any atom is -0.486 e. The Labute approximate surface area is 113 Å². The summed E-state index contributed by atoms with van der Waals surface area (Å²) in [4.78, 5) is 0. The Hall–Kier alpha value is -1.15. The number of fused-ring (bicyclic) bond motifs is 1. The van der Waals surface area contributed by atoms with E-state index in [0.29, 0.717) is 13.2 Å². The number of rotatable bonds is 1. The summed E-state index contributed by atoms with van der Waals surface area (Å²) in [6.07, 6.45) is 6.79. The monoisotopic (exact) mass is 264 g/mol. The van der Waals surface area contributed by atoms with Gasteiger partial charge in [0, 0.05) is 0 Å². The second-order valence-electron chi connectivity index (χ2n) is 4.81. The first-order valence-electron chi connectivity index (χ1n) is 6.58. The third-order valence-electron chi connectivity index (χ3n) is 3.47. The van der Waals surface area contributed by atoms with Crippen LogP contribution < -0.4 is 9.47 Å². The molecule has 0 saturated heterocycles. The zero-order chi connectivity index (χ0) is 12.4. The smallest absolute Gasteiger partial charge is 0.161 e. The Morgan fingerprint density at radius 3 is 2.78 bits per heavy atom. The summed E-state index contributed by atoms with van der Waals surface area (Å²) >= 11 is 6.28. The van der Waals surface area contributed by atoms with E-state index in [4.69, 9.17) is 21.1 Å². The molecular formula is C15H17ClO2. The number of halogens is 1. The lowest BCUT2D eigenvalue weighted by atomic mass is 10.0. The molecule has 0 N–H and O–H groups in total. The number of hydrogen-bond acceptors (Lipinski definition) is 2. The molecular weight excluding hydrogens is 248 g/mol. The van der Waals surface area contributed by atoms with E-state index in [1.807, 2.05) is 6.07 Å². The summed E-state index contributed by atoms with van der Waals surface area (Å²) in [6.45, 7) is 1.27. The van der Waals surface area contributed by atoms with Crippen LogP contribution in [0.1, 0.15) is 31.2 Å². The Kier molecular flexibility index (Phi) is 3.46. The third-order valence-corrected chi connectivity index (χ3v) is 3.82. The van der Waals surface area contributed by atoms with Gasteiger partial charge >= 0.3 is 0 Å². The molecule has 2 nitrogen and oxygen atoms in total. The molecule has 0 aromatic heterocycles. The normalized spacial score (nSPS) is 23.2. The lowest BCUT2D eigenvalue weighted by molar-refractivity contribution is 0.171. The van der Waals surface area contributed by atoms with E-state index in [-0.39, 0.29) is 5.38 Å². The molecule has 3 rings (SSSR count). The van der Waals surface area contributed by atoms with E-state index in [2.05, 4.69) is 18.2 Å². The van der Waals surface area contributed by atoms with Crippen molar-refractivity contribution in [2.75, 3.05) is 13.2 Å². The molecule has 1 heterocycles. The van der Waals surface area contributed by atoms with Crippen LogP contribution in [0.15, 0.2) is 24.3 Å². The Bertz CT molecular complexity index is 468. The molecule has 0 spiro atoms. The minimum absolute atomic E-state index is 0.163. The first kappa shape index (κ1) is 11.9. The molecule has 2 aliphatic rings. The molecule has 18 heavy (non-hydrogen) atoms. The molecule has 0 amide bonds. The SMILES string of the molecule is ClC1C=C(c2ccc3c(c2)OCCO3)CCCC1. The third kappa shape index (κ3) is 2.49. The van der Waals surface area contributed by atoms with Gasteiger partial charge in [-0.1, -0.05) is 18.6 Å². The number of ether oxygens (including phenoxy) is 2. The lowest BCUT2D eigenvalue weighted by Crippen LogP contribution is -2.15. The fourth-order valence-electron chi connectivity index (χ4n) is 2.52. The fourth-order valence-corrected chi connectivity index (χ4v) is 2.83. The second-order valence-corrected chi connectivity index (χ2v) is 5.37. The Morgan fingerprint density at radius 2 is 1.89 bits per heavy atom. The Morgan fingerprint density at radius 1 is 1.06 bits per heavy atom. The van der Waals surface area contributed by atoms with Crippen molar-refractivity contribution in [2.45, 2.75) is 31.1 Å². The molecule has 1 aromatic carbocycles. The van der Waals surface area contributed by atoms with Gasteiger partial charge in [-0.15, -0.1) is 11.6 Å². The number of benzene rings is 1. The second kappa shape index (κ2) is 5.23. The van der Waals surface area contributed by atoms with Gasteiger partial charge < -0.3 is 9.47 Å². The van der Waals surface area contributed by atoms with E-state index in [9.17, 15) is 0 Å². The van der Waals surface area contributed by atoms with Crippen LogP contribution >= 0.6 is 11.6 Å². The van der Waals surface area contributed by atoms with Crippen molar-refractivity contribution >= 4 is 17.2 Å². The minimum atomic E-state index is 0.163. The van der Waals surface area contributed by atoms with Crippen LogP contribution in [-0.2, 0) is 0 Å². The van der Waals surface area contributed by atoms with Crippen molar-refractivity contribution in [3.63, 3.8) is 0 Å². The largest absolute Gasteiger partial charge is 0.486 e. The van der Waals surface area contributed by atoms with Gasteiger partial charge in [0.2, 0.25) is 0 Å². The topological polar surface area (TPSA) is 18.5 Å². The number of allylic oxidation sites excluding steroid dienone is 2. The average molecular weight is 265 g/mol. The van der Waals surface area contributed by atoms with Crippen molar-refractivity contribution in [1.29, 1.82) is 0 Å². The van der Waals surface area contributed by atoms with Crippen LogP contribution in [0.2, 0.25) is 0 Å². The first-order valence-corrected chi connectivity index (χ1v) is 7.01. The predicted molar refractivity (Wildman–Crippen MR) is 73.5 cm³/mol. The summed E-state index contributed by atoms with van der Waals surface area (Å²) in [5.74, 6) is 1.71. The molecule has 0 bridgehead atoms. The van der Waals surface area contributed by atoms with Gasteiger partial charge in [-0.25, -0.2) is 0 Å². The van der Waals surface area contributed by atoms with Crippen LogP contribution in [0.3, 0.4) is 0 Å². The predicted octanol–water partition coefficient (Wildman–Crippen LogP) is 4.02. The van der Waals surface area contributed by atoms with E-state index in [1.165, 1.54) is 24.0 Å². The summed E-state index contributed by atoms with van der Waals surface area (Å²) in [5, 5.41) is 0.163. The molecule has 0 saturated carbocycles. The highest BCUT2D eigenvalue weighted by atomic mass is 35.5. The summed E-state index contributed by atoms with van der Waals surface area (Å²) in [5.41, 5.74) is 2.55. The lowest BCUT2D eigenvalue weighted by Gasteiger charge is -2.19. The van der Waals surface area contributed by atoms with Gasteiger partial charge in [-0.2, -0.15) is 0 Å². The molecule has 3 heteroatoms. The Balaban J connectivity index is 1.91. The standard InChI is InChI=1S/C15H17ClO2/c16-13-4-2-1-3-11(9-13)12-5-6-14-15(10-12)18-8-7-17-14/h5-6,9-10,13H,1-4,7-8H2. The molecule has 0 fully saturated rings. The van der Waals surface area contributed by atoms with Crippen LogP contribution in [0.5, 0.6) is 11.5 Å². The van der Waals surface area contributed by atoms with Crippen molar-refractivity contribution in [2.24, 2.45) is 0 Å². The van der Waals surface area contributed by atoms with Gasteiger partial charge in [0.1, 0.15) is 13.2 Å². The van der Waals surface area contributed by atoms with Gasteiger partial charge in [0.05, 0.1) is 5.38 Å². The highest BCUT2D eigenvalue weighted by Gasteiger charge is 2.15. The number of hydrogen-bond donors (Lipinski definition) is 0. The van der Waals surface area contributed by atoms with Gasteiger partial charge in [-0.3, -0.25) is 0 Å². The molecule has 96 valence electrons. The maximum Gasteiger partial charge on any atom is 0.161 e. The maximum absolute atomic E-state index is 6.28. The quantitative estimate of drug-likeness (QED) is 0.713. The van der Waals surface area contributed by atoms with Crippen molar-refractivity contribution in [1.82, 2.24) is 0 Å². The van der Waals surface area contributed by atoms with E-state index in [1.54, 1.807) is 0 Å². The van der Waals surface area contributed by atoms with Crippen LogP contribution in [-0.4, -0.2) is 18.6 Å². The van der Waals surface area contributed by atoms with Gasteiger partial charge in [-0.05, 0) is 42.5 Å². The zero-order valence-corrected chi connectivity index (χ0v) is 11.1. The van der Waals surface area contributed by atoms with E-state index in [0.717, 1.165) is 24.3 Å². The van der Waals surface area contributed by atoms with Crippen LogP contribution in [0.4, 0.5) is 0 Å². The average Bonchev–Trinajstić information content (AvgIpc) is 2.63.